The number of nitrogens with zero attached hydrogens (tertiary/aromatic N) is 2. The number of hydrogen-bond donors (Lipinski definition) is 1. The molecule has 2 aromatic rings. The molecule has 0 fully saturated rings. The van der Waals surface area contributed by atoms with E-state index in [1.165, 1.54) is 22.9 Å². The molecule has 1 N–H and O–H groups in total. The lowest BCUT2D eigenvalue weighted by Gasteiger charge is -2.15. The number of carboxylic acids is 1. The van der Waals surface area contributed by atoms with E-state index < -0.39 is 28.6 Å². The molecule has 0 aliphatic carbocycles. The summed E-state index contributed by atoms with van der Waals surface area (Å²) in [5, 5.41) is 13.9. The third kappa shape index (κ3) is 3.13. The van der Waals surface area contributed by atoms with E-state index in [9.17, 15) is 19.5 Å². The van der Waals surface area contributed by atoms with Crippen LogP contribution in [-0.2, 0) is 11.2 Å². The minimum absolute atomic E-state index is 0.124. The van der Waals surface area contributed by atoms with Gasteiger partial charge in [0.15, 0.2) is 0 Å². The van der Waals surface area contributed by atoms with E-state index in [1.807, 2.05) is 0 Å². The molecule has 0 amide bonds. The van der Waals surface area contributed by atoms with Gasteiger partial charge in [-0.1, -0.05) is 30.1 Å². The zero-order valence-corrected chi connectivity index (χ0v) is 14.2. The number of aromatic nitrogens is 2. The molecule has 126 valence electrons. The number of ether oxygens (including phenoxy) is 1. The van der Waals surface area contributed by atoms with Gasteiger partial charge in [0.25, 0.3) is 0 Å². The van der Waals surface area contributed by atoms with Gasteiger partial charge in [0.1, 0.15) is 5.56 Å². The smallest absolute Gasteiger partial charge is 0.362 e. The summed E-state index contributed by atoms with van der Waals surface area (Å²) in [6.45, 7) is 1.66. The first kappa shape index (κ1) is 18.0. The average molecular weight is 371 g/mol. The van der Waals surface area contributed by atoms with Crippen LogP contribution in [0, 0.1) is 0 Å². The quantitative estimate of drug-likeness (QED) is 0.830. The molecule has 1 aromatic carbocycles. The highest BCUT2D eigenvalue weighted by Crippen LogP contribution is 2.25. The number of methoxy groups -OCH3 is 1. The number of rotatable bonds is 4. The number of carbonyl (C=O) groups excluding carboxylic acids is 1. The summed E-state index contributed by atoms with van der Waals surface area (Å²) in [6, 6.07) is 4.49. The molecule has 0 bridgehead atoms. The molecule has 9 heteroatoms. The Hall–Kier alpha value is -2.38. The van der Waals surface area contributed by atoms with Crippen molar-refractivity contribution in [2.24, 2.45) is 0 Å². The third-order valence-corrected chi connectivity index (χ3v) is 4.00. The Bertz CT molecular complexity index is 892. The summed E-state index contributed by atoms with van der Waals surface area (Å²) >= 11 is 11.9. The summed E-state index contributed by atoms with van der Waals surface area (Å²) in [6.07, 6.45) is 0.186. The zero-order chi connectivity index (χ0) is 18.0. The van der Waals surface area contributed by atoms with Crippen molar-refractivity contribution in [3.05, 3.63) is 55.4 Å². The van der Waals surface area contributed by atoms with Gasteiger partial charge < -0.3 is 9.84 Å². The highest BCUT2D eigenvalue weighted by Gasteiger charge is 2.26. The van der Waals surface area contributed by atoms with E-state index in [2.05, 4.69) is 9.84 Å². The average Bonchev–Trinajstić information content (AvgIpc) is 2.55. The fourth-order valence-corrected chi connectivity index (χ4v) is 2.46. The van der Waals surface area contributed by atoms with Gasteiger partial charge in [-0.05, 0) is 24.6 Å². The predicted octanol–water partition coefficient (Wildman–Crippen LogP) is 2.59. The first-order valence-corrected chi connectivity index (χ1v) is 7.50. The Balaban J connectivity index is 2.90. The maximum absolute atomic E-state index is 12.3. The second-order valence-electron chi connectivity index (χ2n) is 4.66. The number of halogens is 2. The van der Waals surface area contributed by atoms with Gasteiger partial charge in [-0.3, -0.25) is 4.79 Å². The molecule has 1 heterocycles. The van der Waals surface area contributed by atoms with E-state index in [0.29, 0.717) is 10.7 Å². The fourth-order valence-electron chi connectivity index (χ4n) is 2.17. The Morgan fingerprint density at radius 3 is 2.46 bits per heavy atom. The summed E-state index contributed by atoms with van der Waals surface area (Å²) in [4.78, 5) is 35.6. The van der Waals surface area contributed by atoms with Crippen molar-refractivity contribution in [1.29, 1.82) is 0 Å². The lowest BCUT2D eigenvalue weighted by atomic mass is 10.1. The monoisotopic (exact) mass is 370 g/mol. The number of carboxylic acid groups (broad SMARTS) is 1. The van der Waals surface area contributed by atoms with Gasteiger partial charge in [0.05, 0.1) is 28.5 Å². The number of benzene rings is 1. The van der Waals surface area contributed by atoms with Gasteiger partial charge in [-0.15, -0.1) is 0 Å². The summed E-state index contributed by atoms with van der Waals surface area (Å²) in [5.41, 5.74) is -1.69. The van der Waals surface area contributed by atoms with Gasteiger partial charge in [0, 0.05) is 0 Å². The lowest BCUT2D eigenvalue weighted by Crippen LogP contribution is -2.31. The van der Waals surface area contributed by atoms with Crippen LogP contribution in [0.3, 0.4) is 0 Å². The summed E-state index contributed by atoms with van der Waals surface area (Å²) < 4.78 is 5.68. The molecule has 0 saturated heterocycles. The second-order valence-corrected chi connectivity index (χ2v) is 5.47. The molecule has 0 spiro atoms. The third-order valence-electron chi connectivity index (χ3n) is 3.26. The van der Waals surface area contributed by atoms with Crippen molar-refractivity contribution < 1.29 is 19.4 Å². The van der Waals surface area contributed by atoms with Crippen molar-refractivity contribution in [3.63, 3.8) is 0 Å². The second kappa shape index (κ2) is 7.02. The van der Waals surface area contributed by atoms with Gasteiger partial charge in [-0.2, -0.15) is 5.10 Å². The highest BCUT2D eigenvalue weighted by atomic mass is 35.5. The molecular formula is C15H12Cl2N2O5. The van der Waals surface area contributed by atoms with Crippen LogP contribution in [0.4, 0.5) is 0 Å². The van der Waals surface area contributed by atoms with Crippen molar-refractivity contribution in [2.45, 2.75) is 13.3 Å². The largest absolute Gasteiger partial charge is 0.477 e. The Morgan fingerprint density at radius 1 is 1.29 bits per heavy atom. The Labute approximate surface area is 146 Å². The van der Waals surface area contributed by atoms with Crippen LogP contribution in [0.25, 0.3) is 5.69 Å². The van der Waals surface area contributed by atoms with Crippen LogP contribution < -0.4 is 5.43 Å². The molecule has 0 aliphatic heterocycles. The van der Waals surface area contributed by atoms with Gasteiger partial charge in [-0.25, -0.2) is 14.3 Å². The van der Waals surface area contributed by atoms with E-state index in [-0.39, 0.29) is 17.1 Å². The molecule has 7 nitrogen and oxygen atoms in total. The molecule has 0 aliphatic rings. The molecule has 24 heavy (non-hydrogen) atoms. The van der Waals surface area contributed by atoms with Gasteiger partial charge in [0.2, 0.25) is 11.1 Å². The minimum Gasteiger partial charge on any atom is -0.477 e. The SMILES string of the molecule is CCc1c(C(=O)O)c(=O)c(C(=O)OC)nn1-c1ccc(Cl)c(Cl)c1. The molecule has 2 rings (SSSR count). The molecule has 0 unspecified atom stereocenters. The summed E-state index contributed by atoms with van der Waals surface area (Å²) in [5.74, 6) is -2.49. The molecule has 0 radical (unpaired) electrons. The number of carbonyl (C=O) groups is 2. The van der Waals surface area contributed by atoms with Crippen molar-refractivity contribution in [3.8, 4) is 5.69 Å². The van der Waals surface area contributed by atoms with Gasteiger partial charge >= 0.3 is 11.9 Å². The maximum Gasteiger partial charge on any atom is 0.362 e. The Kier molecular flexibility index (Phi) is 5.26. The molecule has 0 saturated carbocycles. The van der Waals surface area contributed by atoms with Crippen LogP contribution in [0.2, 0.25) is 10.0 Å². The van der Waals surface area contributed by atoms with Crippen LogP contribution in [0.15, 0.2) is 23.0 Å². The molecule has 1 aromatic heterocycles. The highest BCUT2D eigenvalue weighted by molar-refractivity contribution is 6.42. The van der Waals surface area contributed by atoms with Crippen LogP contribution in [0.5, 0.6) is 0 Å². The predicted molar refractivity (Wildman–Crippen MR) is 87.5 cm³/mol. The van der Waals surface area contributed by atoms with E-state index in [4.69, 9.17) is 23.2 Å². The van der Waals surface area contributed by atoms with Crippen molar-refractivity contribution in [1.82, 2.24) is 9.78 Å². The lowest BCUT2D eigenvalue weighted by molar-refractivity contribution is 0.0590. The van der Waals surface area contributed by atoms with E-state index in [1.54, 1.807) is 6.92 Å². The molecule has 0 atom stereocenters. The zero-order valence-electron chi connectivity index (χ0n) is 12.7. The normalized spacial score (nSPS) is 10.5. The first-order valence-electron chi connectivity index (χ1n) is 6.75. The maximum atomic E-state index is 12.3. The number of aromatic carboxylic acids is 1. The number of esters is 1. The number of hydrogen-bond acceptors (Lipinski definition) is 5. The topological polar surface area (TPSA) is 98.5 Å². The van der Waals surface area contributed by atoms with Crippen molar-refractivity contribution >= 4 is 35.1 Å². The van der Waals surface area contributed by atoms with Crippen LogP contribution in [-0.4, -0.2) is 33.9 Å². The minimum atomic E-state index is -1.46. The van der Waals surface area contributed by atoms with Crippen LogP contribution >= 0.6 is 23.2 Å². The Morgan fingerprint density at radius 2 is 1.96 bits per heavy atom. The standard InChI is InChI=1S/C15H12Cl2N2O5/c1-3-10-11(14(21)22)13(20)12(15(23)24-2)18-19(10)7-4-5-8(16)9(17)6-7/h4-6H,3H2,1-2H3,(H,21,22). The van der Waals surface area contributed by atoms with Crippen LogP contribution in [0.1, 0.15) is 33.5 Å². The van der Waals surface area contributed by atoms with Crippen molar-refractivity contribution in [2.75, 3.05) is 7.11 Å². The van der Waals surface area contributed by atoms with E-state index in [0.717, 1.165) is 7.11 Å². The summed E-state index contributed by atoms with van der Waals surface area (Å²) in [7, 11) is 1.07. The first-order chi connectivity index (χ1) is 11.3. The van der Waals surface area contributed by atoms with E-state index >= 15 is 0 Å². The fraction of sp³-hybridized carbons (Fsp3) is 0.200. The molecular weight excluding hydrogens is 359 g/mol.